The molecule has 3 heteroatoms. The Morgan fingerprint density at radius 1 is 1.27 bits per heavy atom. The van der Waals surface area contributed by atoms with E-state index in [0.717, 1.165) is 5.56 Å². The lowest BCUT2D eigenvalue weighted by molar-refractivity contribution is 0.0954. The van der Waals surface area contributed by atoms with E-state index in [2.05, 4.69) is 0 Å². The maximum absolute atomic E-state index is 9.48. The summed E-state index contributed by atoms with van der Waals surface area (Å²) in [6, 6.07) is 7.31. The molecule has 0 saturated carbocycles. The number of rotatable bonds is 4. The van der Waals surface area contributed by atoms with Crippen LogP contribution in [0.15, 0.2) is 24.3 Å². The lowest BCUT2D eigenvalue weighted by Crippen LogP contribution is -2.22. The maximum atomic E-state index is 9.48. The number of benzene rings is 1. The van der Waals surface area contributed by atoms with Crippen molar-refractivity contribution >= 4 is 0 Å². The van der Waals surface area contributed by atoms with E-state index in [4.69, 9.17) is 5.11 Å². The first kappa shape index (κ1) is 12.2. The van der Waals surface area contributed by atoms with Crippen molar-refractivity contribution < 1.29 is 15.3 Å². The van der Waals surface area contributed by atoms with E-state index in [1.165, 1.54) is 0 Å². The molecule has 0 radical (unpaired) electrons. The van der Waals surface area contributed by atoms with Crippen molar-refractivity contribution in [2.24, 2.45) is 0 Å². The van der Waals surface area contributed by atoms with Crippen molar-refractivity contribution in [3.05, 3.63) is 35.4 Å². The van der Waals surface area contributed by atoms with Crippen LogP contribution >= 0.6 is 0 Å². The Balaban J connectivity index is 3.02. The zero-order valence-corrected chi connectivity index (χ0v) is 9.14. The first-order valence-electron chi connectivity index (χ1n) is 5.01. The number of aliphatic hydroxyl groups excluding tert-OH is 3. The molecule has 3 N–H and O–H groups in total. The zero-order valence-electron chi connectivity index (χ0n) is 9.14. The average molecular weight is 210 g/mol. The Morgan fingerprint density at radius 3 is 2.47 bits per heavy atom. The van der Waals surface area contributed by atoms with Crippen molar-refractivity contribution in [1.82, 2.24) is 0 Å². The summed E-state index contributed by atoms with van der Waals surface area (Å²) in [5, 5.41) is 27.5. The van der Waals surface area contributed by atoms with Gasteiger partial charge in [-0.25, -0.2) is 0 Å². The Morgan fingerprint density at radius 2 is 1.93 bits per heavy atom. The molecule has 0 aliphatic carbocycles. The predicted octanol–water partition coefficient (Wildman–Crippen LogP) is 0.982. The summed E-state index contributed by atoms with van der Waals surface area (Å²) in [4.78, 5) is 0. The van der Waals surface area contributed by atoms with Gasteiger partial charge in [-0.3, -0.25) is 0 Å². The van der Waals surface area contributed by atoms with Gasteiger partial charge in [-0.05, 0) is 11.1 Å². The van der Waals surface area contributed by atoms with Gasteiger partial charge in [0.1, 0.15) is 6.10 Å². The SMILES string of the molecule is CC(C)(CO)c1cccc(C(O)CO)c1. The summed E-state index contributed by atoms with van der Waals surface area (Å²) >= 11 is 0. The van der Waals surface area contributed by atoms with E-state index in [1.54, 1.807) is 6.07 Å². The molecular weight excluding hydrogens is 192 g/mol. The van der Waals surface area contributed by atoms with Crippen LogP contribution in [-0.2, 0) is 5.41 Å². The van der Waals surface area contributed by atoms with Gasteiger partial charge in [0.25, 0.3) is 0 Å². The standard InChI is InChI=1S/C12H18O3/c1-12(2,8-14)10-5-3-4-9(6-10)11(15)7-13/h3-6,11,13-15H,7-8H2,1-2H3. The first-order chi connectivity index (χ1) is 7.01. The molecular formula is C12H18O3. The van der Waals surface area contributed by atoms with Crippen molar-refractivity contribution in [3.8, 4) is 0 Å². The van der Waals surface area contributed by atoms with Crippen molar-refractivity contribution in [1.29, 1.82) is 0 Å². The minimum absolute atomic E-state index is 0.0473. The predicted molar refractivity (Wildman–Crippen MR) is 58.6 cm³/mol. The summed E-state index contributed by atoms with van der Waals surface area (Å²) in [6.45, 7) is 3.61. The molecule has 0 aliphatic rings. The van der Waals surface area contributed by atoms with Gasteiger partial charge in [0.05, 0.1) is 13.2 Å². The Labute approximate surface area is 90.0 Å². The molecule has 0 aliphatic heterocycles. The molecule has 1 aromatic carbocycles. The van der Waals surface area contributed by atoms with Gasteiger partial charge in [-0.2, -0.15) is 0 Å². The van der Waals surface area contributed by atoms with Crippen molar-refractivity contribution in [3.63, 3.8) is 0 Å². The quantitative estimate of drug-likeness (QED) is 0.694. The van der Waals surface area contributed by atoms with E-state index in [-0.39, 0.29) is 18.6 Å². The molecule has 0 fully saturated rings. The van der Waals surface area contributed by atoms with Crippen LogP contribution in [-0.4, -0.2) is 28.5 Å². The van der Waals surface area contributed by atoms with Gasteiger partial charge < -0.3 is 15.3 Å². The second-order valence-electron chi connectivity index (χ2n) is 4.37. The lowest BCUT2D eigenvalue weighted by atomic mass is 9.84. The molecule has 1 atom stereocenters. The largest absolute Gasteiger partial charge is 0.395 e. The third kappa shape index (κ3) is 2.78. The van der Waals surface area contributed by atoms with E-state index in [0.29, 0.717) is 5.56 Å². The second-order valence-corrected chi connectivity index (χ2v) is 4.37. The molecule has 0 amide bonds. The van der Waals surface area contributed by atoms with Crippen LogP contribution in [0.25, 0.3) is 0 Å². The van der Waals surface area contributed by atoms with Crippen LogP contribution in [0.2, 0.25) is 0 Å². The summed E-state index contributed by atoms with van der Waals surface area (Å²) < 4.78 is 0. The third-order valence-electron chi connectivity index (χ3n) is 2.62. The summed E-state index contributed by atoms with van der Waals surface area (Å²) in [5.74, 6) is 0. The zero-order chi connectivity index (χ0) is 11.5. The monoisotopic (exact) mass is 210 g/mol. The van der Waals surface area contributed by atoms with E-state index in [9.17, 15) is 10.2 Å². The number of hydrogen-bond acceptors (Lipinski definition) is 3. The number of aliphatic hydroxyl groups is 3. The van der Waals surface area contributed by atoms with Gasteiger partial charge in [0, 0.05) is 5.41 Å². The highest BCUT2D eigenvalue weighted by Crippen LogP contribution is 2.25. The van der Waals surface area contributed by atoms with E-state index < -0.39 is 6.10 Å². The maximum Gasteiger partial charge on any atom is 0.102 e. The minimum atomic E-state index is -0.848. The van der Waals surface area contributed by atoms with Crippen LogP contribution in [0.5, 0.6) is 0 Å². The van der Waals surface area contributed by atoms with Crippen LogP contribution in [0.1, 0.15) is 31.1 Å². The molecule has 0 heterocycles. The average Bonchev–Trinajstić information content (AvgIpc) is 2.28. The topological polar surface area (TPSA) is 60.7 Å². The molecule has 15 heavy (non-hydrogen) atoms. The van der Waals surface area contributed by atoms with Gasteiger partial charge in [0.15, 0.2) is 0 Å². The van der Waals surface area contributed by atoms with Crippen LogP contribution < -0.4 is 0 Å². The molecule has 0 bridgehead atoms. The first-order valence-corrected chi connectivity index (χ1v) is 5.01. The van der Waals surface area contributed by atoms with E-state index >= 15 is 0 Å². The molecule has 1 unspecified atom stereocenters. The van der Waals surface area contributed by atoms with Crippen LogP contribution in [0, 0.1) is 0 Å². The van der Waals surface area contributed by atoms with Gasteiger partial charge in [-0.1, -0.05) is 38.1 Å². The third-order valence-corrected chi connectivity index (χ3v) is 2.62. The number of hydrogen-bond donors (Lipinski definition) is 3. The van der Waals surface area contributed by atoms with Crippen LogP contribution in [0.4, 0.5) is 0 Å². The van der Waals surface area contributed by atoms with Crippen molar-refractivity contribution in [2.45, 2.75) is 25.4 Å². The molecule has 0 aromatic heterocycles. The van der Waals surface area contributed by atoms with E-state index in [1.807, 2.05) is 32.0 Å². The normalized spacial score (nSPS) is 13.9. The lowest BCUT2D eigenvalue weighted by Gasteiger charge is -2.23. The fourth-order valence-corrected chi connectivity index (χ4v) is 1.36. The van der Waals surface area contributed by atoms with Gasteiger partial charge >= 0.3 is 0 Å². The Bertz CT molecular complexity index is 320. The molecule has 0 spiro atoms. The highest BCUT2D eigenvalue weighted by atomic mass is 16.3. The minimum Gasteiger partial charge on any atom is -0.395 e. The summed E-state index contributed by atoms with van der Waals surface area (Å²) in [7, 11) is 0. The molecule has 0 saturated heterocycles. The second kappa shape index (κ2) is 4.75. The smallest absolute Gasteiger partial charge is 0.102 e. The van der Waals surface area contributed by atoms with Gasteiger partial charge in [-0.15, -0.1) is 0 Å². The van der Waals surface area contributed by atoms with Crippen LogP contribution in [0.3, 0.4) is 0 Å². The summed E-state index contributed by atoms with van der Waals surface area (Å²) in [5.41, 5.74) is 1.30. The molecule has 3 nitrogen and oxygen atoms in total. The Hall–Kier alpha value is -0.900. The fourth-order valence-electron chi connectivity index (χ4n) is 1.36. The fraction of sp³-hybridized carbons (Fsp3) is 0.500. The van der Waals surface area contributed by atoms with Crippen molar-refractivity contribution in [2.75, 3.05) is 13.2 Å². The molecule has 1 rings (SSSR count). The molecule has 84 valence electrons. The summed E-state index contributed by atoms with van der Waals surface area (Å²) in [6.07, 6.45) is -0.848. The van der Waals surface area contributed by atoms with Gasteiger partial charge in [0.2, 0.25) is 0 Å². The molecule has 1 aromatic rings. The highest BCUT2D eigenvalue weighted by molar-refractivity contribution is 5.30. The highest BCUT2D eigenvalue weighted by Gasteiger charge is 2.20. The Kier molecular flexibility index (Phi) is 3.85.